The quantitative estimate of drug-likeness (QED) is 0.386. The fourth-order valence-electron chi connectivity index (χ4n) is 4.34. The predicted molar refractivity (Wildman–Crippen MR) is 137 cm³/mol. The second-order valence-electron chi connectivity index (χ2n) is 10.6. The van der Waals surface area contributed by atoms with E-state index in [1.54, 1.807) is 12.1 Å². The highest BCUT2D eigenvalue weighted by atomic mass is 35.5. The van der Waals surface area contributed by atoms with Gasteiger partial charge in [-0.15, -0.1) is 0 Å². The Labute approximate surface area is 201 Å². The summed E-state index contributed by atoms with van der Waals surface area (Å²) in [5.74, 6) is 1.49. The van der Waals surface area contributed by atoms with Crippen LogP contribution in [0.3, 0.4) is 0 Å². The molecule has 0 saturated carbocycles. The van der Waals surface area contributed by atoms with Crippen LogP contribution in [0, 0.1) is 5.41 Å². The molecule has 4 rings (SSSR count). The van der Waals surface area contributed by atoms with Gasteiger partial charge in [0.05, 0.1) is 10.9 Å². The van der Waals surface area contributed by atoms with Crippen molar-refractivity contribution in [2.45, 2.75) is 59.5 Å². The van der Waals surface area contributed by atoms with Gasteiger partial charge in [0.1, 0.15) is 23.2 Å². The predicted octanol–water partition coefficient (Wildman–Crippen LogP) is 7.13. The molecule has 0 N–H and O–H groups in total. The lowest BCUT2D eigenvalue weighted by molar-refractivity contribution is 0.192. The molecule has 0 unspecified atom stereocenters. The SMILES string of the molecule is CC(C)c1oc2cc(O[C@@H]3CCN(CCC(C)(C)C)C3)ccc2c(=O)c1-c1ccc(Cl)cc1. The number of halogens is 1. The van der Waals surface area contributed by atoms with Gasteiger partial charge in [-0.3, -0.25) is 9.69 Å². The Hall–Kier alpha value is -2.30. The summed E-state index contributed by atoms with van der Waals surface area (Å²) in [4.78, 5) is 15.9. The maximum atomic E-state index is 13.5. The number of hydrogen-bond donors (Lipinski definition) is 0. The largest absolute Gasteiger partial charge is 0.489 e. The highest BCUT2D eigenvalue weighted by molar-refractivity contribution is 6.30. The lowest BCUT2D eigenvalue weighted by Gasteiger charge is -2.23. The normalized spacial score (nSPS) is 17.2. The van der Waals surface area contributed by atoms with Crippen LogP contribution in [0.1, 0.15) is 59.1 Å². The molecule has 176 valence electrons. The molecule has 3 aromatic rings. The highest BCUT2D eigenvalue weighted by Crippen LogP contribution is 2.32. The summed E-state index contributed by atoms with van der Waals surface area (Å²) >= 11 is 6.05. The van der Waals surface area contributed by atoms with Crippen molar-refractivity contribution in [3.05, 3.63) is 63.5 Å². The van der Waals surface area contributed by atoms with Crippen molar-refractivity contribution in [2.75, 3.05) is 19.6 Å². The smallest absolute Gasteiger partial charge is 0.200 e. The van der Waals surface area contributed by atoms with Crippen molar-refractivity contribution in [1.29, 1.82) is 0 Å². The number of fused-ring (bicyclic) bond motifs is 1. The molecule has 0 spiro atoms. The average Bonchev–Trinajstić information content (AvgIpc) is 3.20. The minimum atomic E-state index is -0.0250. The minimum absolute atomic E-state index is 0.0250. The first-order valence-electron chi connectivity index (χ1n) is 11.9. The summed E-state index contributed by atoms with van der Waals surface area (Å²) in [7, 11) is 0. The molecule has 1 aromatic heterocycles. The zero-order valence-electron chi connectivity index (χ0n) is 20.3. The monoisotopic (exact) mass is 467 g/mol. The average molecular weight is 468 g/mol. The van der Waals surface area contributed by atoms with Crippen molar-refractivity contribution >= 4 is 22.6 Å². The molecule has 2 aromatic carbocycles. The Balaban J connectivity index is 1.59. The van der Waals surface area contributed by atoms with Crippen LogP contribution in [0.25, 0.3) is 22.1 Å². The summed E-state index contributed by atoms with van der Waals surface area (Å²) in [6, 6.07) is 12.9. The molecule has 0 bridgehead atoms. The zero-order chi connectivity index (χ0) is 23.8. The van der Waals surface area contributed by atoms with Gasteiger partial charge in [0.2, 0.25) is 5.43 Å². The summed E-state index contributed by atoms with van der Waals surface area (Å²) < 4.78 is 12.6. The molecule has 0 amide bonds. The number of nitrogens with zero attached hydrogens (tertiary/aromatic N) is 1. The Morgan fingerprint density at radius 1 is 1.15 bits per heavy atom. The molecule has 1 aliphatic heterocycles. The van der Waals surface area contributed by atoms with E-state index in [4.69, 9.17) is 20.8 Å². The fraction of sp³-hybridized carbons (Fsp3) is 0.464. The molecule has 1 fully saturated rings. The maximum absolute atomic E-state index is 13.5. The summed E-state index contributed by atoms with van der Waals surface area (Å²) in [6.45, 7) is 14.0. The molecule has 1 saturated heterocycles. The Kier molecular flexibility index (Phi) is 6.88. The molecule has 33 heavy (non-hydrogen) atoms. The van der Waals surface area contributed by atoms with E-state index >= 15 is 0 Å². The van der Waals surface area contributed by atoms with Crippen LogP contribution in [0.2, 0.25) is 5.02 Å². The van der Waals surface area contributed by atoms with E-state index in [9.17, 15) is 4.79 Å². The van der Waals surface area contributed by atoms with Gasteiger partial charge in [-0.2, -0.15) is 0 Å². The Morgan fingerprint density at radius 2 is 1.88 bits per heavy atom. The number of rotatable bonds is 6. The van der Waals surface area contributed by atoms with Crippen LogP contribution in [-0.2, 0) is 0 Å². The first-order chi connectivity index (χ1) is 15.6. The zero-order valence-corrected chi connectivity index (χ0v) is 21.0. The third kappa shape index (κ3) is 5.62. The molecule has 0 aliphatic carbocycles. The molecule has 1 atom stereocenters. The fourth-order valence-corrected chi connectivity index (χ4v) is 4.47. The summed E-state index contributed by atoms with van der Waals surface area (Å²) in [6.07, 6.45) is 2.35. The molecule has 1 aliphatic rings. The van der Waals surface area contributed by atoms with Crippen molar-refractivity contribution in [2.24, 2.45) is 5.41 Å². The lowest BCUT2D eigenvalue weighted by Crippen LogP contribution is -2.28. The number of ether oxygens (including phenoxy) is 1. The van der Waals surface area contributed by atoms with E-state index in [1.165, 1.54) is 6.42 Å². The third-order valence-corrected chi connectivity index (χ3v) is 6.51. The molecule has 5 heteroatoms. The van der Waals surface area contributed by atoms with Gasteiger partial charge in [0.15, 0.2) is 0 Å². The van der Waals surface area contributed by atoms with Crippen molar-refractivity contribution in [3.63, 3.8) is 0 Å². The van der Waals surface area contributed by atoms with Crippen molar-refractivity contribution in [3.8, 4) is 16.9 Å². The summed E-state index contributed by atoms with van der Waals surface area (Å²) in [5, 5.41) is 1.20. The van der Waals surface area contributed by atoms with E-state index in [0.29, 0.717) is 32.7 Å². The first-order valence-corrected chi connectivity index (χ1v) is 12.2. The number of benzene rings is 2. The molecular weight excluding hydrogens is 434 g/mol. The van der Waals surface area contributed by atoms with Crippen molar-refractivity contribution < 1.29 is 9.15 Å². The van der Waals surface area contributed by atoms with Crippen LogP contribution in [0.15, 0.2) is 51.7 Å². The second kappa shape index (κ2) is 9.52. The second-order valence-corrected chi connectivity index (χ2v) is 11.1. The van der Waals surface area contributed by atoms with Gasteiger partial charge in [-0.25, -0.2) is 0 Å². The molecular formula is C28H34ClNO3. The minimum Gasteiger partial charge on any atom is -0.489 e. The first kappa shape index (κ1) is 23.8. The van der Waals surface area contributed by atoms with Gasteiger partial charge in [-0.1, -0.05) is 58.4 Å². The molecule has 0 radical (unpaired) electrons. The summed E-state index contributed by atoms with van der Waals surface area (Å²) in [5.41, 5.74) is 2.31. The maximum Gasteiger partial charge on any atom is 0.200 e. The van der Waals surface area contributed by atoms with Crippen LogP contribution in [-0.4, -0.2) is 30.6 Å². The Bertz CT molecular complexity index is 1170. The van der Waals surface area contributed by atoms with Crippen LogP contribution in [0.4, 0.5) is 0 Å². The third-order valence-electron chi connectivity index (χ3n) is 6.26. The van der Waals surface area contributed by atoms with Gasteiger partial charge >= 0.3 is 0 Å². The van der Waals surface area contributed by atoms with Crippen molar-refractivity contribution in [1.82, 2.24) is 4.90 Å². The van der Waals surface area contributed by atoms with E-state index < -0.39 is 0 Å². The van der Waals surface area contributed by atoms with E-state index in [2.05, 4.69) is 25.7 Å². The highest BCUT2D eigenvalue weighted by Gasteiger charge is 2.25. The number of likely N-dealkylation sites (tertiary alicyclic amines) is 1. The Morgan fingerprint density at radius 3 is 2.55 bits per heavy atom. The molecule has 4 nitrogen and oxygen atoms in total. The standard InChI is InChI=1S/C28H34ClNO3/c1-18(2)27-25(19-6-8-20(29)9-7-19)26(31)23-11-10-21(16-24(23)33-27)32-22-12-14-30(17-22)15-13-28(3,4)5/h6-11,16,18,22H,12-15,17H2,1-5H3/t22-/m1/s1. The van der Waals surface area contributed by atoms with Gasteiger partial charge in [-0.05, 0) is 54.6 Å². The van der Waals surface area contributed by atoms with E-state index in [1.807, 2.05) is 44.2 Å². The number of hydrogen-bond acceptors (Lipinski definition) is 4. The van der Waals surface area contributed by atoms with Crippen LogP contribution in [0.5, 0.6) is 5.75 Å². The van der Waals surface area contributed by atoms with E-state index in [-0.39, 0.29) is 17.5 Å². The van der Waals surface area contributed by atoms with Gasteiger partial charge in [0, 0.05) is 30.1 Å². The van der Waals surface area contributed by atoms with Gasteiger partial charge in [0.25, 0.3) is 0 Å². The van der Waals surface area contributed by atoms with Crippen LogP contribution >= 0.6 is 11.6 Å². The lowest BCUT2D eigenvalue weighted by atomic mass is 9.92. The van der Waals surface area contributed by atoms with E-state index in [0.717, 1.165) is 37.4 Å². The van der Waals surface area contributed by atoms with Gasteiger partial charge < -0.3 is 9.15 Å². The topological polar surface area (TPSA) is 42.7 Å². The molecule has 2 heterocycles. The van der Waals surface area contributed by atoms with Crippen LogP contribution < -0.4 is 10.2 Å².